The fraction of sp³-hybridized carbons (Fsp3) is 0.0179. The van der Waals surface area contributed by atoms with E-state index in [-0.39, 0.29) is 0 Å². The second-order valence-corrected chi connectivity index (χ2v) is 14.9. The van der Waals surface area contributed by atoms with Gasteiger partial charge in [-0.25, -0.2) is 4.99 Å². The van der Waals surface area contributed by atoms with E-state index in [4.69, 9.17) is 15.1 Å². The fourth-order valence-corrected chi connectivity index (χ4v) is 8.05. The van der Waals surface area contributed by atoms with Crippen LogP contribution in [-0.2, 0) is 6.42 Å². The second-order valence-electron chi connectivity index (χ2n) is 14.9. The van der Waals surface area contributed by atoms with Crippen molar-refractivity contribution >= 4 is 44.2 Å². The van der Waals surface area contributed by atoms with Gasteiger partial charge in [0.1, 0.15) is 17.0 Å². The molecule has 10 aromatic rings. The van der Waals surface area contributed by atoms with E-state index >= 15 is 0 Å². The standard InChI is InChI=1S/C56H40N2O/c57-56(43-18-8-3-9-19-43)58-52(46-29-31-53-51(37-46)55-50-22-11-10-17-42(50)28-32-54(55)59-53)30-25-38-23-26-41(27-24-38)48-34-47(40-15-6-2-7-16-40)35-49(36-48)45-21-12-20-44(33-45)39-13-4-1-5-14-39/h1-24,26-37H,25H2,(H2,57,58)/b52-30-. The van der Waals surface area contributed by atoms with E-state index in [1.807, 2.05) is 36.4 Å². The Morgan fingerprint density at radius 2 is 0.966 bits per heavy atom. The van der Waals surface area contributed by atoms with Crippen molar-refractivity contribution in [3.8, 4) is 44.5 Å². The zero-order chi connectivity index (χ0) is 39.5. The zero-order valence-electron chi connectivity index (χ0n) is 32.4. The first-order valence-corrected chi connectivity index (χ1v) is 20.0. The number of nitrogens with two attached hydrogens (primary N) is 1. The van der Waals surface area contributed by atoms with Crippen molar-refractivity contribution in [2.45, 2.75) is 6.42 Å². The molecule has 0 spiro atoms. The number of nitrogens with zero attached hydrogens (tertiary/aromatic N) is 1. The molecule has 3 nitrogen and oxygen atoms in total. The summed E-state index contributed by atoms with van der Waals surface area (Å²) in [5.41, 5.74) is 21.7. The van der Waals surface area contributed by atoms with E-state index in [2.05, 4.69) is 182 Å². The van der Waals surface area contributed by atoms with E-state index in [9.17, 15) is 0 Å². The summed E-state index contributed by atoms with van der Waals surface area (Å²) in [5.74, 6) is 0.471. The highest BCUT2D eigenvalue weighted by atomic mass is 16.3. The highest BCUT2D eigenvalue weighted by Crippen LogP contribution is 2.37. The summed E-state index contributed by atoms with van der Waals surface area (Å²) in [6.07, 6.45) is 2.86. The topological polar surface area (TPSA) is 51.5 Å². The average Bonchev–Trinajstić information content (AvgIpc) is 3.70. The Kier molecular flexibility index (Phi) is 9.46. The smallest absolute Gasteiger partial charge is 0.136 e. The molecule has 0 aliphatic rings. The molecule has 280 valence electrons. The summed E-state index contributed by atoms with van der Waals surface area (Å²) < 4.78 is 6.33. The fourth-order valence-electron chi connectivity index (χ4n) is 8.05. The number of benzene rings is 9. The molecule has 0 bridgehead atoms. The molecule has 0 aliphatic heterocycles. The summed E-state index contributed by atoms with van der Waals surface area (Å²) in [5, 5.41) is 4.51. The molecular formula is C56H40N2O. The third-order valence-corrected chi connectivity index (χ3v) is 11.1. The van der Waals surface area contributed by atoms with Gasteiger partial charge in [-0.15, -0.1) is 0 Å². The van der Waals surface area contributed by atoms with Crippen molar-refractivity contribution < 1.29 is 4.42 Å². The maximum atomic E-state index is 6.68. The van der Waals surface area contributed by atoms with Crippen LogP contribution in [0.4, 0.5) is 0 Å². The Balaban J connectivity index is 1.01. The van der Waals surface area contributed by atoms with E-state index in [1.54, 1.807) is 0 Å². The third kappa shape index (κ3) is 7.34. The van der Waals surface area contributed by atoms with Crippen LogP contribution in [0.3, 0.4) is 0 Å². The summed E-state index contributed by atoms with van der Waals surface area (Å²) in [6.45, 7) is 0. The van der Waals surface area contributed by atoms with Crippen LogP contribution in [0.1, 0.15) is 16.7 Å². The van der Waals surface area contributed by atoms with E-state index in [0.29, 0.717) is 12.3 Å². The van der Waals surface area contributed by atoms with E-state index < -0.39 is 0 Å². The summed E-state index contributed by atoms with van der Waals surface area (Å²) >= 11 is 0. The molecule has 3 heteroatoms. The minimum atomic E-state index is 0.471. The van der Waals surface area contributed by atoms with E-state index in [0.717, 1.165) is 44.3 Å². The molecule has 1 heterocycles. The van der Waals surface area contributed by atoms with Crippen LogP contribution in [0.15, 0.2) is 228 Å². The first-order chi connectivity index (χ1) is 29.1. The molecular weight excluding hydrogens is 717 g/mol. The van der Waals surface area contributed by atoms with Gasteiger partial charge in [0, 0.05) is 21.9 Å². The van der Waals surface area contributed by atoms with Crippen LogP contribution >= 0.6 is 0 Å². The number of hydrogen-bond donors (Lipinski definition) is 1. The van der Waals surface area contributed by atoms with Crippen molar-refractivity contribution in [1.82, 2.24) is 0 Å². The lowest BCUT2D eigenvalue weighted by atomic mass is 9.92. The Morgan fingerprint density at radius 1 is 0.424 bits per heavy atom. The lowest BCUT2D eigenvalue weighted by Crippen LogP contribution is -2.13. The van der Waals surface area contributed by atoms with Crippen LogP contribution in [0.25, 0.3) is 82.9 Å². The maximum Gasteiger partial charge on any atom is 0.136 e. The third-order valence-electron chi connectivity index (χ3n) is 11.1. The van der Waals surface area contributed by atoms with Crippen LogP contribution in [0.2, 0.25) is 0 Å². The predicted molar refractivity (Wildman–Crippen MR) is 248 cm³/mol. The van der Waals surface area contributed by atoms with Crippen molar-refractivity contribution in [1.29, 1.82) is 0 Å². The number of aliphatic imine (C=N–C) groups is 1. The van der Waals surface area contributed by atoms with Crippen LogP contribution in [0, 0.1) is 0 Å². The Bertz CT molecular complexity index is 3160. The molecule has 0 atom stereocenters. The second kappa shape index (κ2) is 15.7. The van der Waals surface area contributed by atoms with Crippen LogP contribution in [0.5, 0.6) is 0 Å². The number of allylic oxidation sites excluding steroid dienone is 1. The number of fused-ring (bicyclic) bond motifs is 5. The monoisotopic (exact) mass is 756 g/mol. The van der Waals surface area contributed by atoms with Crippen molar-refractivity contribution in [2.75, 3.05) is 0 Å². The van der Waals surface area contributed by atoms with Gasteiger partial charge in [-0.3, -0.25) is 0 Å². The van der Waals surface area contributed by atoms with Gasteiger partial charge in [0.25, 0.3) is 0 Å². The minimum absolute atomic E-state index is 0.471. The Hall–Kier alpha value is -7.75. The SMILES string of the molecule is NC(=N/C(=C\Cc1ccc(-c2cc(-c3ccccc3)cc(-c3cccc(-c4ccccc4)c3)c2)cc1)c1ccc2oc3ccc4ccccc4c3c2c1)c1ccccc1. The summed E-state index contributed by atoms with van der Waals surface area (Å²) in [4.78, 5) is 5.06. The van der Waals surface area contributed by atoms with Crippen molar-refractivity contribution in [3.63, 3.8) is 0 Å². The quantitative estimate of drug-likeness (QED) is 0.118. The molecule has 0 aliphatic carbocycles. The molecule has 0 saturated carbocycles. The number of furan rings is 1. The normalized spacial score (nSPS) is 12.1. The van der Waals surface area contributed by atoms with Gasteiger partial charge in [0.15, 0.2) is 0 Å². The molecule has 10 rings (SSSR count). The minimum Gasteiger partial charge on any atom is -0.456 e. The molecule has 0 unspecified atom stereocenters. The van der Waals surface area contributed by atoms with Crippen molar-refractivity contribution in [2.24, 2.45) is 10.7 Å². The largest absolute Gasteiger partial charge is 0.456 e. The lowest BCUT2D eigenvalue weighted by molar-refractivity contribution is 0.669. The number of rotatable bonds is 9. The number of hydrogen-bond acceptors (Lipinski definition) is 2. The molecule has 0 saturated heterocycles. The van der Waals surface area contributed by atoms with Crippen molar-refractivity contribution in [3.05, 3.63) is 235 Å². The first kappa shape index (κ1) is 35.6. The molecule has 0 fully saturated rings. The molecule has 9 aromatic carbocycles. The average molecular weight is 757 g/mol. The maximum absolute atomic E-state index is 6.68. The van der Waals surface area contributed by atoms with Gasteiger partial charge < -0.3 is 10.2 Å². The van der Waals surface area contributed by atoms with Crippen LogP contribution in [-0.4, -0.2) is 5.84 Å². The lowest BCUT2D eigenvalue weighted by Gasteiger charge is -2.13. The molecule has 0 amide bonds. The predicted octanol–water partition coefficient (Wildman–Crippen LogP) is 14.4. The van der Waals surface area contributed by atoms with Gasteiger partial charge in [-0.05, 0) is 116 Å². The molecule has 0 radical (unpaired) electrons. The molecule has 59 heavy (non-hydrogen) atoms. The van der Waals surface area contributed by atoms with Gasteiger partial charge in [0.2, 0.25) is 0 Å². The molecule has 2 N–H and O–H groups in total. The number of amidine groups is 1. The Morgan fingerprint density at radius 3 is 1.68 bits per heavy atom. The first-order valence-electron chi connectivity index (χ1n) is 20.0. The highest BCUT2D eigenvalue weighted by Gasteiger charge is 2.14. The van der Waals surface area contributed by atoms with Gasteiger partial charge in [-0.1, -0.05) is 170 Å². The summed E-state index contributed by atoms with van der Waals surface area (Å²) in [7, 11) is 0. The molecule has 1 aromatic heterocycles. The van der Waals surface area contributed by atoms with Crippen LogP contribution < -0.4 is 5.73 Å². The van der Waals surface area contributed by atoms with Gasteiger partial charge >= 0.3 is 0 Å². The van der Waals surface area contributed by atoms with Gasteiger partial charge in [0.05, 0.1) is 5.70 Å². The zero-order valence-corrected chi connectivity index (χ0v) is 32.4. The summed E-state index contributed by atoms with van der Waals surface area (Å²) in [6, 6.07) is 74.7. The highest BCUT2D eigenvalue weighted by molar-refractivity contribution is 6.19. The van der Waals surface area contributed by atoms with Gasteiger partial charge in [-0.2, -0.15) is 0 Å². The Labute approximate surface area is 344 Å². The van der Waals surface area contributed by atoms with E-state index in [1.165, 1.54) is 55.3 Å².